The van der Waals surface area contributed by atoms with E-state index in [2.05, 4.69) is 12.2 Å². The molecule has 1 aromatic rings. The Hall–Kier alpha value is -2.32. The number of rotatable bonds is 16. The van der Waals surface area contributed by atoms with E-state index in [0.717, 1.165) is 18.4 Å². The van der Waals surface area contributed by atoms with E-state index in [1.165, 1.54) is 0 Å². The minimum atomic E-state index is -0.971. The zero-order chi connectivity index (χ0) is 22.2. The number of benzene rings is 1. The Labute approximate surface area is 179 Å². The van der Waals surface area contributed by atoms with Crippen LogP contribution in [0, 0.1) is 0 Å². The van der Waals surface area contributed by atoms with Gasteiger partial charge in [-0.3, -0.25) is 0 Å². The third kappa shape index (κ3) is 10.5. The molecule has 0 bridgehead atoms. The predicted molar refractivity (Wildman–Crippen MR) is 115 cm³/mol. The molecule has 0 heterocycles. The molecule has 0 saturated heterocycles. The molecular formula is C22H36N2O6. The Morgan fingerprint density at radius 3 is 2.37 bits per heavy atom. The van der Waals surface area contributed by atoms with E-state index < -0.39 is 12.1 Å². The molecule has 0 aliphatic heterocycles. The first-order chi connectivity index (χ1) is 14.5. The molecular weight excluding hydrogens is 388 g/mol. The van der Waals surface area contributed by atoms with Crippen LogP contribution in [0.3, 0.4) is 0 Å². The van der Waals surface area contributed by atoms with Crippen molar-refractivity contribution in [1.29, 1.82) is 0 Å². The van der Waals surface area contributed by atoms with Crippen molar-refractivity contribution in [2.75, 3.05) is 46.1 Å². The molecule has 1 unspecified atom stereocenters. The van der Waals surface area contributed by atoms with Crippen LogP contribution < -0.4 is 10.1 Å². The van der Waals surface area contributed by atoms with Crippen LogP contribution in [-0.4, -0.2) is 74.2 Å². The summed E-state index contributed by atoms with van der Waals surface area (Å²) in [4.78, 5) is 25.1. The zero-order valence-electron chi connectivity index (χ0n) is 18.4. The molecule has 0 radical (unpaired) electrons. The van der Waals surface area contributed by atoms with Crippen molar-refractivity contribution in [1.82, 2.24) is 10.2 Å². The van der Waals surface area contributed by atoms with Crippen LogP contribution in [0.2, 0.25) is 0 Å². The molecule has 0 saturated carbocycles. The molecule has 1 aromatic carbocycles. The van der Waals surface area contributed by atoms with Gasteiger partial charge in [0.2, 0.25) is 0 Å². The van der Waals surface area contributed by atoms with Gasteiger partial charge in [0.05, 0.1) is 13.2 Å². The summed E-state index contributed by atoms with van der Waals surface area (Å²) < 4.78 is 16.6. The fraction of sp³-hybridized carbons (Fsp3) is 0.636. The molecule has 0 spiro atoms. The minimum absolute atomic E-state index is 0.133. The average Bonchev–Trinajstić information content (AvgIpc) is 2.73. The molecule has 0 aromatic heterocycles. The maximum absolute atomic E-state index is 12.2. The highest BCUT2D eigenvalue weighted by molar-refractivity contribution is 5.74. The zero-order valence-corrected chi connectivity index (χ0v) is 18.4. The van der Waals surface area contributed by atoms with Crippen molar-refractivity contribution in [2.45, 2.75) is 46.1 Å². The lowest BCUT2D eigenvalue weighted by Crippen LogP contribution is -2.43. The number of nitrogens with one attached hydrogen (secondary N) is 1. The number of hydrogen-bond donors (Lipinski definition) is 2. The van der Waals surface area contributed by atoms with Gasteiger partial charge < -0.3 is 29.5 Å². The molecule has 2 amide bonds. The van der Waals surface area contributed by atoms with E-state index in [4.69, 9.17) is 14.2 Å². The smallest absolute Gasteiger partial charge is 0.333 e. The maximum Gasteiger partial charge on any atom is 0.333 e. The number of amides is 2. The van der Waals surface area contributed by atoms with E-state index in [0.29, 0.717) is 58.2 Å². The Morgan fingerprint density at radius 2 is 1.77 bits per heavy atom. The topological polar surface area (TPSA) is 97.3 Å². The Bertz CT molecular complexity index is 608. The van der Waals surface area contributed by atoms with E-state index >= 15 is 0 Å². The molecule has 8 heteroatoms. The second-order valence-corrected chi connectivity index (χ2v) is 6.77. The first-order valence-corrected chi connectivity index (χ1v) is 10.7. The quantitative estimate of drug-likeness (QED) is 0.396. The Kier molecular flexibility index (Phi) is 13.3. The van der Waals surface area contributed by atoms with Gasteiger partial charge in [0.15, 0.2) is 6.10 Å². The number of unbranched alkanes of at least 4 members (excludes halogenated alkanes) is 1. The Morgan fingerprint density at radius 1 is 1.07 bits per heavy atom. The van der Waals surface area contributed by atoms with Crippen LogP contribution in [0.5, 0.6) is 5.75 Å². The highest BCUT2D eigenvalue weighted by atomic mass is 16.5. The molecule has 1 atom stereocenters. The van der Waals surface area contributed by atoms with Crippen molar-refractivity contribution in [3.8, 4) is 5.75 Å². The summed E-state index contributed by atoms with van der Waals surface area (Å²) in [6, 6.07) is 7.11. The van der Waals surface area contributed by atoms with Gasteiger partial charge in [-0.15, -0.1) is 0 Å². The van der Waals surface area contributed by atoms with Gasteiger partial charge >= 0.3 is 12.0 Å². The van der Waals surface area contributed by atoms with Crippen LogP contribution in [-0.2, 0) is 20.7 Å². The first-order valence-electron chi connectivity index (χ1n) is 10.7. The average molecular weight is 425 g/mol. The van der Waals surface area contributed by atoms with E-state index in [9.17, 15) is 14.7 Å². The summed E-state index contributed by atoms with van der Waals surface area (Å²) in [5, 5.41) is 12.0. The lowest BCUT2D eigenvalue weighted by Gasteiger charge is -2.23. The summed E-state index contributed by atoms with van der Waals surface area (Å²) in [7, 11) is 0. The van der Waals surface area contributed by atoms with Gasteiger partial charge in [-0.2, -0.15) is 0 Å². The first kappa shape index (κ1) is 25.7. The van der Waals surface area contributed by atoms with E-state index in [1.54, 1.807) is 24.0 Å². The summed E-state index contributed by atoms with van der Waals surface area (Å²) in [5.41, 5.74) is 0.858. The van der Waals surface area contributed by atoms with Crippen LogP contribution in [0.1, 0.15) is 39.2 Å². The van der Waals surface area contributed by atoms with Gasteiger partial charge in [0.1, 0.15) is 12.4 Å². The lowest BCUT2D eigenvalue weighted by molar-refractivity contribution is -0.149. The van der Waals surface area contributed by atoms with Crippen molar-refractivity contribution in [3.63, 3.8) is 0 Å². The molecule has 0 fully saturated rings. The Balaban J connectivity index is 2.48. The summed E-state index contributed by atoms with van der Waals surface area (Å²) in [6.07, 6.45) is 1.53. The number of carbonyl (C=O) groups is 2. The highest BCUT2D eigenvalue weighted by Crippen LogP contribution is 2.14. The van der Waals surface area contributed by atoms with Crippen molar-refractivity contribution in [3.05, 3.63) is 29.8 Å². The summed E-state index contributed by atoms with van der Waals surface area (Å²) >= 11 is 0. The molecule has 2 N–H and O–H groups in total. The monoisotopic (exact) mass is 424 g/mol. The van der Waals surface area contributed by atoms with E-state index in [-0.39, 0.29) is 6.03 Å². The van der Waals surface area contributed by atoms with Crippen LogP contribution >= 0.6 is 0 Å². The number of carboxylic acid groups (broad SMARTS) is 1. The number of urea groups is 1. The van der Waals surface area contributed by atoms with Gasteiger partial charge in [0.25, 0.3) is 0 Å². The number of carbonyl (C=O) groups excluding carboxylic acids is 1. The largest absolute Gasteiger partial charge is 0.492 e. The van der Waals surface area contributed by atoms with Crippen LogP contribution in [0.25, 0.3) is 0 Å². The maximum atomic E-state index is 12.2. The van der Waals surface area contributed by atoms with Crippen LogP contribution in [0.15, 0.2) is 24.3 Å². The number of hydrogen-bond acceptors (Lipinski definition) is 5. The minimum Gasteiger partial charge on any atom is -0.492 e. The third-order valence-corrected chi connectivity index (χ3v) is 4.38. The number of nitrogens with zero attached hydrogens (tertiary/aromatic N) is 1. The van der Waals surface area contributed by atoms with Gasteiger partial charge in [-0.25, -0.2) is 9.59 Å². The molecule has 30 heavy (non-hydrogen) atoms. The predicted octanol–water partition coefficient (Wildman–Crippen LogP) is 2.95. The SMILES string of the molecule is CCCCOCCN(CCOc1ccc(CC(OCC)C(=O)O)cc1)C(=O)NCC. The third-order valence-electron chi connectivity index (χ3n) is 4.38. The van der Waals surface area contributed by atoms with Crippen molar-refractivity contribution < 1.29 is 28.9 Å². The second-order valence-electron chi connectivity index (χ2n) is 6.77. The normalized spacial score (nSPS) is 11.7. The van der Waals surface area contributed by atoms with Gasteiger partial charge in [-0.1, -0.05) is 25.5 Å². The molecule has 8 nitrogen and oxygen atoms in total. The standard InChI is InChI=1S/C22H36N2O6/c1-4-7-14-28-15-12-24(22(27)23-5-2)13-16-30-19-10-8-18(9-11-19)17-20(21(25)26)29-6-3/h8-11,20H,4-7,12-17H2,1-3H3,(H,23,27)(H,25,26). The second kappa shape index (κ2) is 15.5. The van der Waals surface area contributed by atoms with Crippen LogP contribution in [0.4, 0.5) is 4.79 Å². The number of carboxylic acids is 1. The molecule has 0 aliphatic rings. The van der Waals surface area contributed by atoms with Gasteiger partial charge in [0, 0.05) is 32.7 Å². The van der Waals surface area contributed by atoms with Crippen molar-refractivity contribution in [2.24, 2.45) is 0 Å². The molecule has 0 aliphatic carbocycles. The fourth-order valence-corrected chi connectivity index (χ4v) is 2.73. The lowest BCUT2D eigenvalue weighted by atomic mass is 10.1. The number of ether oxygens (including phenoxy) is 3. The molecule has 1 rings (SSSR count). The summed E-state index contributed by atoms with van der Waals surface area (Å²) in [5.74, 6) is -0.307. The van der Waals surface area contributed by atoms with Crippen molar-refractivity contribution >= 4 is 12.0 Å². The fourth-order valence-electron chi connectivity index (χ4n) is 2.73. The molecule has 170 valence electrons. The summed E-state index contributed by atoms with van der Waals surface area (Å²) in [6.45, 7) is 9.17. The number of aliphatic carboxylic acids is 1. The van der Waals surface area contributed by atoms with E-state index in [1.807, 2.05) is 19.1 Å². The highest BCUT2D eigenvalue weighted by Gasteiger charge is 2.18. The van der Waals surface area contributed by atoms with Gasteiger partial charge in [-0.05, 0) is 38.0 Å².